The lowest BCUT2D eigenvalue weighted by Gasteiger charge is -2.08. The summed E-state index contributed by atoms with van der Waals surface area (Å²) in [5, 5.41) is 17.5. The van der Waals surface area contributed by atoms with Gasteiger partial charge in [-0.2, -0.15) is 0 Å². The van der Waals surface area contributed by atoms with E-state index in [9.17, 15) is 0 Å². The van der Waals surface area contributed by atoms with Gasteiger partial charge in [-0.15, -0.1) is 0 Å². The minimum atomic E-state index is -0.403. The van der Waals surface area contributed by atoms with E-state index in [1.807, 2.05) is 6.08 Å². The summed E-state index contributed by atoms with van der Waals surface area (Å²) in [7, 11) is 0. The maximum Gasteiger partial charge on any atom is 0.0773 e. The molecular weight excluding hydrogens is 104 g/mol. The monoisotopic (exact) mass is 114 g/mol. The summed E-state index contributed by atoms with van der Waals surface area (Å²) in [6.45, 7) is 0.0914. The Hall–Kier alpha value is -0.340. The summed E-state index contributed by atoms with van der Waals surface area (Å²) in [6, 6.07) is 0. The molecule has 8 heavy (non-hydrogen) atoms. The van der Waals surface area contributed by atoms with Crippen molar-refractivity contribution in [3.05, 3.63) is 12.2 Å². The van der Waals surface area contributed by atoms with Crippen LogP contribution in [0.5, 0.6) is 0 Å². The van der Waals surface area contributed by atoms with Crippen LogP contribution in [0, 0.1) is 5.92 Å². The maximum atomic E-state index is 8.94. The van der Waals surface area contributed by atoms with Gasteiger partial charge in [-0.1, -0.05) is 12.2 Å². The fourth-order valence-electron chi connectivity index (χ4n) is 0.872. The van der Waals surface area contributed by atoms with Crippen molar-refractivity contribution in [1.82, 2.24) is 0 Å². The molecule has 0 radical (unpaired) electrons. The standard InChI is InChI=1S/C6H10O2/c7-4-5-2-1-3-6(5)8/h1,3,5-8H,2,4H2/t5-,6-/m0/s1. The van der Waals surface area contributed by atoms with Gasteiger partial charge in [-0.05, 0) is 6.42 Å². The highest BCUT2D eigenvalue weighted by molar-refractivity contribution is 5.01. The highest BCUT2D eigenvalue weighted by Crippen LogP contribution is 2.16. The molecule has 0 saturated heterocycles. The van der Waals surface area contributed by atoms with Crippen LogP contribution < -0.4 is 0 Å². The average Bonchev–Trinajstić information content (AvgIpc) is 2.14. The highest BCUT2D eigenvalue weighted by atomic mass is 16.3. The van der Waals surface area contributed by atoms with E-state index >= 15 is 0 Å². The fourth-order valence-corrected chi connectivity index (χ4v) is 0.872. The van der Waals surface area contributed by atoms with Crippen LogP contribution in [0.2, 0.25) is 0 Å². The lowest BCUT2D eigenvalue weighted by Crippen LogP contribution is -2.16. The zero-order valence-electron chi connectivity index (χ0n) is 4.62. The molecule has 1 aliphatic carbocycles. The van der Waals surface area contributed by atoms with E-state index in [0.29, 0.717) is 0 Å². The summed E-state index contributed by atoms with van der Waals surface area (Å²) in [5.74, 6) is 0.0648. The molecule has 0 aromatic rings. The van der Waals surface area contributed by atoms with Gasteiger partial charge in [0.15, 0.2) is 0 Å². The van der Waals surface area contributed by atoms with Crippen LogP contribution in [0.3, 0.4) is 0 Å². The van der Waals surface area contributed by atoms with E-state index in [1.54, 1.807) is 6.08 Å². The van der Waals surface area contributed by atoms with Crippen LogP contribution in [0.1, 0.15) is 6.42 Å². The third-order valence-electron chi connectivity index (χ3n) is 1.49. The number of allylic oxidation sites excluding steroid dienone is 1. The highest BCUT2D eigenvalue weighted by Gasteiger charge is 2.18. The Kier molecular flexibility index (Phi) is 1.65. The molecule has 2 N–H and O–H groups in total. The summed E-state index contributed by atoms with van der Waals surface area (Å²) in [6.07, 6.45) is 4.03. The molecule has 46 valence electrons. The SMILES string of the molecule is OC[C@@H]1CC=C[C@@H]1O. The second-order valence-corrected chi connectivity index (χ2v) is 2.10. The van der Waals surface area contributed by atoms with Crippen molar-refractivity contribution in [3.8, 4) is 0 Å². The molecule has 0 amide bonds. The number of aliphatic hydroxyl groups excluding tert-OH is 2. The molecule has 0 saturated carbocycles. The largest absolute Gasteiger partial charge is 0.396 e. The van der Waals surface area contributed by atoms with Gasteiger partial charge in [0.2, 0.25) is 0 Å². The first-order chi connectivity index (χ1) is 3.84. The van der Waals surface area contributed by atoms with E-state index in [-0.39, 0.29) is 12.5 Å². The van der Waals surface area contributed by atoms with Gasteiger partial charge in [0.1, 0.15) is 0 Å². The smallest absolute Gasteiger partial charge is 0.0773 e. The van der Waals surface area contributed by atoms with Crippen molar-refractivity contribution >= 4 is 0 Å². The number of hydrogen-bond acceptors (Lipinski definition) is 2. The third-order valence-corrected chi connectivity index (χ3v) is 1.49. The molecule has 0 bridgehead atoms. The molecular formula is C6H10O2. The summed E-state index contributed by atoms with van der Waals surface area (Å²) >= 11 is 0. The zero-order chi connectivity index (χ0) is 5.98. The molecule has 0 heterocycles. The molecule has 0 spiro atoms. The van der Waals surface area contributed by atoms with Gasteiger partial charge in [0.25, 0.3) is 0 Å². The quantitative estimate of drug-likeness (QED) is 0.468. The first-order valence-corrected chi connectivity index (χ1v) is 2.80. The zero-order valence-corrected chi connectivity index (χ0v) is 4.62. The molecule has 2 heteroatoms. The van der Waals surface area contributed by atoms with Gasteiger partial charge in [-0.25, -0.2) is 0 Å². The minimum absolute atomic E-state index is 0.0648. The van der Waals surface area contributed by atoms with E-state index in [4.69, 9.17) is 10.2 Å². The lowest BCUT2D eigenvalue weighted by molar-refractivity contribution is 0.112. The predicted octanol–water partition coefficient (Wildman–Crippen LogP) is -0.0843. The normalized spacial score (nSPS) is 36.2. The third kappa shape index (κ3) is 0.904. The van der Waals surface area contributed by atoms with Crippen LogP contribution in [0.25, 0.3) is 0 Å². The second-order valence-electron chi connectivity index (χ2n) is 2.10. The van der Waals surface area contributed by atoms with Gasteiger partial charge in [0, 0.05) is 12.5 Å². The van der Waals surface area contributed by atoms with Gasteiger partial charge < -0.3 is 10.2 Å². The average molecular weight is 114 g/mol. The Labute approximate surface area is 48.5 Å². The van der Waals surface area contributed by atoms with Crippen LogP contribution in [-0.2, 0) is 0 Å². The van der Waals surface area contributed by atoms with Crippen LogP contribution in [0.15, 0.2) is 12.2 Å². The Morgan fingerprint density at radius 2 is 2.38 bits per heavy atom. The van der Waals surface area contributed by atoms with E-state index in [0.717, 1.165) is 6.42 Å². The summed E-state index contributed by atoms with van der Waals surface area (Å²) < 4.78 is 0. The van der Waals surface area contributed by atoms with Crippen molar-refractivity contribution in [2.45, 2.75) is 12.5 Å². The van der Waals surface area contributed by atoms with Gasteiger partial charge >= 0.3 is 0 Å². The lowest BCUT2D eigenvalue weighted by atomic mass is 10.1. The predicted molar refractivity (Wildman–Crippen MR) is 30.3 cm³/mol. The molecule has 1 aliphatic rings. The molecule has 0 unspecified atom stereocenters. The Bertz CT molecular complexity index is 98.7. The van der Waals surface area contributed by atoms with Crippen LogP contribution >= 0.6 is 0 Å². The van der Waals surface area contributed by atoms with Crippen LogP contribution in [0.4, 0.5) is 0 Å². The Balaban J connectivity index is 2.38. The topological polar surface area (TPSA) is 40.5 Å². The molecule has 0 aromatic heterocycles. The molecule has 1 rings (SSSR count). The molecule has 2 nitrogen and oxygen atoms in total. The Morgan fingerprint density at radius 1 is 1.62 bits per heavy atom. The van der Waals surface area contributed by atoms with E-state index in [2.05, 4.69) is 0 Å². The van der Waals surface area contributed by atoms with Crippen molar-refractivity contribution in [2.75, 3.05) is 6.61 Å². The maximum absolute atomic E-state index is 8.94. The number of aliphatic hydroxyl groups is 2. The fraction of sp³-hybridized carbons (Fsp3) is 0.667. The van der Waals surface area contributed by atoms with Crippen molar-refractivity contribution in [2.24, 2.45) is 5.92 Å². The van der Waals surface area contributed by atoms with Crippen LogP contribution in [-0.4, -0.2) is 22.9 Å². The molecule has 0 fully saturated rings. The van der Waals surface area contributed by atoms with Crippen molar-refractivity contribution in [3.63, 3.8) is 0 Å². The van der Waals surface area contributed by atoms with Crippen molar-refractivity contribution < 1.29 is 10.2 Å². The number of hydrogen-bond donors (Lipinski definition) is 2. The summed E-state index contributed by atoms with van der Waals surface area (Å²) in [5.41, 5.74) is 0. The number of rotatable bonds is 1. The first kappa shape index (κ1) is 5.79. The summed E-state index contributed by atoms with van der Waals surface area (Å²) in [4.78, 5) is 0. The Morgan fingerprint density at radius 3 is 2.62 bits per heavy atom. The van der Waals surface area contributed by atoms with Gasteiger partial charge in [-0.3, -0.25) is 0 Å². The first-order valence-electron chi connectivity index (χ1n) is 2.80. The minimum Gasteiger partial charge on any atom is -0.396 e. The van der Waals surface area contributed by atoms with Gasteiger partial charge in [0.05, 0.1) is 6.10 Å². The second kappa shape index (κ2) is 2.29. The molecule has 0 aliphatic heterocycles. The van der Waals surface area contributed by atoms with E-state index in [1.165, 1.54) is 0 Å². The van der Waals surface area contributed by atoms with E-state index < -0.39 is 6.10 Å². The van der Waals surface area contributed by atoms with Crippen molar-refractivity contribution in [1.29, 1.82) is 0 Å². The molecule has 0 aromatic carbocycles. The molecule has 2 atom stereocenters.